The summed E-state index contributed by atoms with van der Waals surface area (Å²) in [5.41, 5.74) is 1.14. The van der Waals surface area contributed by atoms with E-state index in [9.17, 15) is 14.4 Å². The zero-order valence-corrected chi connectivity index (χ0v) is 14.3. The molecule has 1 N–H and O–H groups in total. The smallest absolute Gasteiger partial charge is 0.338 e. The molecule has 0 atom stereocenters. The minimum absolute atomic E-state index is 0.233. The zero-order chi connectivity index (χ0) is 17.5. The Morgan fingerprint density at radius 1 is 0.958 bits per heavy atom. The van der Waals surface area contributed by atoms with Gasteiger partial charge in [0.1, 0.15) is 0 Å². The number of carbonyl (C=O) groups is 3. The van der Waals surface area contributed by atoms with E-state index in [4.69, 9.17) is 4.74 Å². The van der Waals surface area contributed by atoms with E-state index in [-0.39, 0.29) is 5.56 Å². The summed E-state index contributed by atoms with van der Waals surface area (Å²) in [6.45, 7) is -0.418. The molecule has 0 aromatic heterocycles. The van der Waals surface area contributed by atoms with Gasteiger partial charge in [-0.2, -0.15) is 0 Å². The minimum Gasteiger partial charge on any atom is -0.465 e. The van der Waals surface area contributed by atoms with Crippen LogP contribution in [0.1, 0.15) is 20.7 Å². The summed E-state index contributed by atoms with van der Waals surface area (Å²) in [5.74, 6) is -1.61. The molecule has 2 aromatic rings. The summed E-state index contributed by atoms with van der Waals surface area (Å²) in [6.07, 6.45) is 0. The van der Waals surface area contributed by atoms with Gasteiger partial charge in [0, 0.05) is 4.47 Å². The van der Waals surface area contributed by atoms with Crippen molar-refractivity contribution in [2.45, 2.75) is 0 Å². The minimum atomic E-state index is -0.659. The number of para-hydroxylation sites is 1. The molecule has 2 aromatic carbocycles. The molecule has 24 heavy (non-hydrogen) atoms. The van der Waals surface area contributed by atoms with Crippen LogP contribution in [0.2, 0.25) is 0 Å². The Balaban J connectivity index is 1.89. The third-order valence-corrected chi connectivity index (χ3v) is 3.72. The van der Waals surface area contributed by atoms with Crippen LogP contribution in [-0.4, -0.2) is 31.6 Å². The first kappa shape index (κ1) is 17.7. The average molecular weight is 392 g/mol. The molecule has 1 amide bonds. The van der Waals surface area contributed by atoms with Gasteiger partial charge >= 0.3 is 11.9 Å². The fourth-order valence-corrected chi connectivity index (χ4v) is 2.21. The molecular formula is C17H14BrNO5. The van der Waals surface area contributed by atoms with E-state index in [0.29, 0.717) is 11.3 Å². The van der Waals surface area contributed by atoms with E-state index < -0.39 is 24.5 Å². The van der Waals surface area contributed by atoms with Crippen LogP contribution in [0.15, 0.2) is 53.0 Å². The summed E-state index contributed by atoms with van der Waals surface area (Å²) < 4.78 is 10.2. The lowest BCUT2D eigenvalue weighted by molar-refractivity contribution is -0.119. The van der Waals surface area contributed by atoms with E-state index in [2.05, 4.69) is 26.0 Å². The summed E-state index contributed by atoms with van der Waals surface area (Å²) >= 11 is 3.31. The normalized spacial score (nSPS) is 9.92. The molecular weight excluding hydrogens is 378 g/mol. The number of benzene rings is 2. The fraction of sp³-hybridized carbons (Fsp3) is 0.118. The van der Waals surface area contributed by atoms with Crippen LogP contribution in [0.25, 0.3) is 0 Å². The Bertz CT molecular complexity index is 758. The predicted octanol–water partition coefficient (Wildman–Crippen LogP) is 3.03. The van der Waals surface area contributed by atoms with Crippen molar-refractivity contribution in [1.29, 1.82) is 0 Å². The number of hydrogen-bond acceptors (Lipinski definition) is 5. The third-order valence-electron chi connectivity index (χ3n) is 3.02. The lowest BCUT2D eigenvalue weighted by Crippen LogP contribution is -2.21. The molecule has 0 bridgehead atoms. The molecule has 0 heterocycles. The monoisotopic (exact) mass is 391 g/mol. The average Bonchev–Trinajstić information content (AvgIpc) is 2.61. The SMILES string of the molecule is COC(=O)c1ccc(C(=O)OCC(=O)Nc2ccccc2Br)cc1. The summed E-state index contributed by atoms with van der Waals surface area (Å²) in [7, 11) is 1.27. The number of carbonyl (C=O) groups excluding carboxylic acids is 3. The van der Waals surface area contributed by atoms with Gasteiger partial charge in [-0.3, -0.25) is 4.79 Å². The number of anilines is 1. The van der Waals surface area contributed by atoms with Crippen LogP contribution in [-0.2, 0) is 14.3 Å². The first-order chi connectivity index (χ1) is 11.5. The Hall–Kier alpha value is -2.67. The van der Waals surface area contributed by atoms with Crippen LogP contribution >= 0.6 is 15.9 Å². The lowest BCUT2D eigenvalue weighted by atomic mass is 10.1. The molecule has 0 saturated carbocycles. The number of rotatable bonds is 5. The van der Waals surface area contributed by atoms with Crippen LogP contribution in [0, 0.1) is 0 Å². The summed E-state index contributed by atoms with van der Waals surface area (Å²) in [5, 5.41) is 2.62. The van der Waals surface area contributed by atoms with Crippen molar-refractivity contribution in [3.8, 4) is 0 Å². The van der Waals surface area contributed by atoms with E-state index in [1.165, 1.54) is 31.4 Å². The molecule has 0 unspecified atom stereocenters. The van der Waals surface area contributed by atoms with Gasteiger partial charge < -0.3 is 14.8 Å². The van der Waals surface area contributed by atoms with Crippen LogP contribution in [0.3, 0.4) is 0 Å². The van der Waals surface area contributed by atoms with Crippen molar-refractivity contribution in [1.82, 2.24) is 0 Å². The second-order valence-electron chi connectivity index (χ2n) is 4.67. The van der Waals surface area contributed by atoms with Crippen molar-refractivity contribution < 1.29 is 23.9 Å². The zero-order valence-electron chi connectivity index (χ0n) is 12.7. The van der Waals surface area contributed by atoms with Crippen molar-refractivity contribution in [3.63, 3.8) is 0 Å². The van der Waals surface area contributed by atoms with Gasteiger partial charge in [0.2, 0.25) is 0 Å². The molecule has 0 radical (unpaired) electrons. The van der Waals surface area contributed by atoms with Crippen LogP contribution in [0.4, 0.5) is 5.69 Å². The Morgan fingerprint density at radius 2 is 1.54 bits per heavy atom. The fourth-order valence-electron chi connectivity index (χ4n) is 1.82. The highest BCUT2D eigenvalue weighted by atomic mass is 79.9. The molecule has 0 fully saturated rings. The highest BCUT2D eigenvalue weighted by Gasteiger charge is 2.12. The molecule has 6 nitrogen and oxygen atoms in total. The van der Waals surface area contributed by atoms with Crippen molar-refractivity contribution in [3.05, 3.63) is 64.1 Å². The molecule has 0 aliphatic carbocycles. The number of halogens is 1. The van der Waals surface area contributed by atoms with E-state index >= 15 is 0 Å². The molecule has 7 heteroatoms. The standard InChI is InChI=1S/C17H14BrNO5/c1-23-16(21)11-6-8-12(9-7-11)17(22)24-10-15(20)19-14-5-3-2-4-13(14)18/h2-9H,10H2,1H3,(H,19,20). The molecule has 124 valence electrons. The number of hydrogen-bond donors (Lipinski definition) is 1. The first-order valence-corrected chi connectivity index (χ1v) is 7.70. The maximum absolute atomic E-state index is 11.9. The molecule has 2 rings (SSSR count). The molecule has 0 saturated heterocycles. The Labute approximate surface area is 146 Å². The van der Waals surface area contributed by atoms with Crippen molar-refractivity contribution in [2.75, 3.05) is 19.0 Å². The number of ether oxygens (including phenoxy) is 2. The van der Waals surface area contributed by atoms with Crippen LogP contribution < -0.4 is 5.32 Å². The van der Waals surface area contributed by atoms with Crippen molar-refractivity contribution >= 4 is 39.5 Å². The van der Waals surface area contributed by atoms with Gasteiger partial charge in [-0.1, -0.05) is 12.1 Å². The topological polar surface area (TPSA) is 81.7 Å². The van der Waals surface area contributed by atoms with E-state index in [1.807, 2.05) is 6.07 Å². The second-order valence-corrected chi connectivity index (χ2v) is 5.53. The second kappa shape index (κ2) is 8.26. The number of amides is 1. The van der Waals surface area contributed by atoms with Gasteiger partial charge in [-0.05, 0) is 52.3 Å². The third kappa shape index (κ3) is 4.66. The van der Waals surface area contributed by atoms with Gasteiger partial charge in [0.15, 0.2) is 6.61 Å². The molecule has 0 aliphatic rings. The van der Waals surface area contributed by atoms with Crippen LogP contribution in [0.5, 0.6) is 0 Å². The highest BCUT2D eigenvalue weighted by Crippen LogP contribution is 2.20. The largest absolute Gasteiger partial charge is 0.465 e. The summed E-state index contributed by atoms with van der Waals surface area (Å²) in [6, 6.07) is 12.8. The van der Waals surface area contributed by atoms with E-state index in [0.717, 1.165) is 4.47 Å². The lowest BCUT2D eigenvalue weighted by Gasteiger charge is -2.08. The number of nitrogens with one attached hydrogen (secondary N) is 1. The number of esters is 2. The van der Waals surface area contributed by atoms with Crippen molar-refractivity contribution in [2.24, 2.45) is 0 Å². The van der Waals surface area contributed by atoms with E-state index in [1.54, 1.807) is 18.2 Å². The van der Waals surface area contributed by atoms with Gasteiger partial charge in [0.25, 0.3) is 5.91 Å². The molecule has 0 aliphatic heterocycles. The first-order valence-electron chi connectivity index (χ1n) is 6.91. The predicted molar refractivity (Wildman–Crippen MR) is 90.8 cm³/mol. The quantitative estimate of drug-likeness (QED) is 0.792. The summed E-state index contributed by atoms with van der Waals surface area (Å²) in [4.78, 5) is 35.0. The van der Waals surface area contributed by atoms with Gasteiger partial charge in [-0.25, -0.2) is 9.59 Å². The molecule has 0 spiro atoms. The van der Waals surface area contributed by atoms with Gasteiger partial charge in [-0.15, -0.1) is 0 Å². The maximum atomic E-state index is 11.9. The Morgan fingerprint density at radius 3 is 2.12 bits per heavy atom. The number of methoxy groups -OCH3 is 1. The maximum Gasteiger partial charge on any atom is 0.338 e. The highest BCUT2D eigenvalue weighted by molar-refractivity contribution is 9.10. The van der Waals surface area contributed by atoms with Gasteiger partial charge in [0.05, 0.1) is 23.9 Å². The Kier molecular flexibility index (Phi) is 6.08.